The van der Waals surface area contributed by atoms with E-state index in [0.717, 1.165) is 31.3 Å². The predicted octanol–water partition coefficient (Wildman–Crippen LogP) is 5.01. The second-order valence-electron chi connectivity index (χ2n) is 4.63. The minimum atomic E-state index is -1.04. The number of fused-ring (bicyclic) bond motifs is 1. The van der Waals surface area contributed by atoms with Gasteiger partial charge >= 0.3 is 0 Å². The van der Waals surface area contributed by atoms with E-state index in [1.165, 1.54) is 0 Å². The van der Waals surface area contributed by atoms with Crippen molar-refractivity contribution in [2.45, 2.75) is 4.90 Å². The third-order valence-electron chi connectivity index (χ3n) is 3.30. The summed E-state index contributed by atoms with van der Waals surface area (Å²) in [6.45, 7) is 0. The Hall–Kier alpha value is -1.45. The van der Waals surface area contributed by atoms with Crippen molar-refractivity contribution in [3.63, 3.8) is 0 Å². The van der Waals surface area contributed by atoms with Crippen LogP contribution in [0.1, 0.15) is 0 Å². The van der Waals surface area contributed by atoms with E-state index in [1.54, 1.807) is 6.26 Å². The van der Waals surface area contributed by atoms with Gasteiger partial charge in [-0.3, -0.25) is 4.21 Å². The molecule has 0 amide bonds. The van der Waals surface area contributed by atoms with Gasteiger partial charge in [-0.1, -0.05) is 64.5 Å². The lowest BCUT2D eigenvalue weighted by Gasteiger charge is -2.11. The number of rotatable bonds is 2. The van der Waals surface area contributed by atoms with E-state index in [0.29, 0.717) is 0 Å². The molecular formula is C17H13BrOS. The minimum absolute atomic E-state index is 0.904. The summed E-state index contributed by atoms with van der Waals surface area (Å²) in [5.74, 6) is 0. The maximum Gasteiger partial charge on any atom is 0.0541 e. The van der Waals surface area contributed by atoms with Gasteiger partial charge in [0.1, 0.15) is 0 Å². The van der Waals surface area contributed by atoms with Crippen LogP contribution in [0.3, 0.4) is 0 Å². The molecule has 0 heterocycles. The van der Waals surface area contributed by atoms with Crippen molar-refractivity contribution < 1.29 is 4.21 Å². The highest BCUT2D eigenvalue weighted by Gasteiger charge is 2.12. The number of hydrogen-bond donors (Lipinski definition) is 0. The SMILES string of the molecule is CS(=O)c1c(-c2ccccc2)ccc2cc(Br)ccc12. The molecule has 3 heteroatoms. The lowest BCUT2D eigenvalue weighted by molar-refractivity contribution is 0.687. The third-order valence-corrected chi connectivity index (χ3v) is 4.81. The molecule has 0 saturated carbocycles. The first-order chi connectivity index (χ1) is 9.66. The first kappa shape index (κ1) is 13.5. The Morgan fingerprint density at radius 1 is 0.950 bits per heavy atom. The van der Waals surface area contributed by atoms with Gasteiger partial charge in [0, 0.05) is 10.7 Å². The van der Waals surface area contributed by atoms with E-state index in [4.69, 9.17) is 0 Å². The van der Waals surface area contributed by atoms with E-state index in [-0.39, 0.29) is 0 Å². The lowest BCUT2D eigenvalue weighted by atomic mass is 10.0. The first-order valence-corrected chi connectivity index (χ1v) is 8.63. The van der Waals surface area contributed by atoms with Crippen LogP contribution in [0.2, 0.25) is 0 Å². The Kier molecular flexibility index (Phi) is 3.72. The van der Waals surface area contributed by atoms with Gasteiger partial charge in [-0.2, -0.15) is 0 Å². The molecule has 0 aliphatic rings. The lowest BCUT2D eigenvalue weighted by Crippen LogP contribution is -1.94. The maximum atomic E-state index is 12.2. The highest BCUT2D eigenvalue weighted by Crippen LogP contribution is 2.33. The predicted molar refractivity (Wildman–Crippen MR) is 89.4 cm³/mol. The topological polar surface area (TPSA) is 17.1 Å². The van der Waals surface area contributed by atoms with Crippen LogP contribution in [-0.2, 0) is 10.8 Å². The fourth-order valence-electron chi connectivity index (χ4n) is 2.43. The van der Waals surface area contributed by atoms with Crippen LogP contribution in [0, 0.1) is 0 Å². The number of benzene rings is 3. The summed E-state index contributed by atoms with van der Waals surface area (Å²) in [7, 11) is -1.04. The maximum absolute atomic E-state index is 12.2. The quantitative estimate of drug-likeness (QED) is 0.638. The normalized spacial score (nSPS) is 12.5. The Morgan fingerprint density at radius 3 is 2.40 bits per heavy atom. The highest BCUT2D eigenvalue weighted by atomic mass is 79.9. The van der Waals surface area contributed by atoms with Crippen molar-refractivity contribution in [1.82, 2.24) is 0 Å². The molecule has 0 radical (unpaired) electrons. The van der Waals surface area contributed by atoms with Crippen LogP contribution in [-0.4, -0.2) is 10.5 Å². The molecule has 0 N–H and O–H groups in total. The third kappa shape index (κ3) is 2.43. The second-order valence-corrected chi connectivity index (χ2v) is 6.86. The fourth-order valence-corrected chi connectivity index (χ4v) is 3.80. The highest BCUT2D eigenvalue weighted by molar-refractivity contribution is 9.10. The smallest absolute Gasteiger partial charge is 0.0541 e. The van der Waals surface area contributed by atoms with Gasteiger partial charge in [-0.15, -0.1) is 0 Å². The standard InChI is InChI=1S/C17H13BrOS/c1-20(19)17-15(12-5-3-2-4-6-12)9-7-13-11-14(18)8-10-16(13)17/h2-11H,1H3. The molecule has 3 aromatic carbocycles. The van der Waals surface area contributed by atoms with Gasteiger partial charge < -0.3 is 0 Å². The van der Waals surface area contributed by atoms with Gasteiger partial charge in [-0.25, -0.2) is 0 Å². The minimum Gasteiger partial charge on any atom is -0.255 e. The Labute approximate surface area is 129 Å². The molecule has 1 nitrogen and oxygen atoms in total. The summed E-state index contributed by atoms with van der Waals surface area (Å²) >= 11 is 3.48. The summed E-state index contributed by atoms with van der Waals surface area (Å²) in [6, 6.07) is 20.3. The molecule has 20 heavy (non-hydrogen) atoms. The number of hydrogen-bond acceptors (Lipinski definition) is 1. The van der Waals surface area contributed by atoms with E-state index >= 15 is 0 Å². The van der Waals surface area contributed by atoms with E-state index in [9.17, 15) is 4.21 Å². The molecule has 100 valence electrons. The summed E-state index contributed by atoms with van der Waals surface area (Å²) in [5, 5.41) is 2.15. The zero-order valence-corrected chi connectivity index (χ0v) is 13.4. The molecule has 0 aliphatic carbocycles. The van der Waals surface area contributed by atoms with Crippen LogP contribution in [0.15, 0.2) is 70.0 Å². The van der Waals surface area contributed by atoms with Crippen molar-refractivity contribution in [1.29, 1.82) is 0 Å². The second kappa shape index (κ2) is 5.51. The summed E-state index contributed by atoms with van der Waals surface area (Å²) < 4.78 is 13.3. The van der Waals surface area contributed by atoms with Gasteiger partial charge in [0.05, 0.1) is 15.7 Å². The molecule has 0 aromatic heterocycles. The Bertz CT molecular complexity index is 797. The molecule has 3 rings (SSSR count). The van der Waals surface area contributed by atoms with Crippen molar-refractivity contribution in [2.24, 2.45) is 0 Å². The average molecular weight is 345 g/mol. The van der Waals surface area contributed by atoms with Crippen molar-refractivity contribution >= 4 is 37.5 Å². The van der Waals surface area contributed by atoms with Crippen LogP contribution in [0.4, 0.5) is 0 Å². The van der Waals surface area contributed by atoms with E-state index in [2.05, 4.69) is 46.3 Å². The number of halogens is 1. The average Bonchev–Trinajstić information content (AvgIpc) is 2.46. The molecule has 0 saturated heterocycles. The molecule has 0 spiro atoms. The van der Waals surface area contributed by atoms with Crippen LogP contribution < -0.4 is 0 Å². The monoisotopic (exact) mass is 344 g/mol. The van der Waals surface area contributed by atoms with Crippen molar-refractivity contribution in [3.8, 4) is 11.1 Å². The zero-order valence-electron chi connectivity index (χ0n) is 11.0. The Morgan fingerprint density at radius 2 is 1.70 bits per heavy atom. The van der Waals surface area contributed by atoms with Crippen LogP contribution >= 0.6 is 15.9 Å². The van der Waals surface area contributed by atoms with Gasteiger partial charge in [0.15, 0.2) is 0 Å². The van der Waals surface area contributed by atoms with Crippen LogP contribution in [0.5, 0.6) is 0 Å². The summed E-state index contributed by atoms with van der Waals surface area (Å²) in [4.78, 5) is 0.904. The van der Waals surface area contributed by atoms with E-state index in [1.807, 2.05) is 30.3 Å². The molecule has 0 aliphatic heterocycles. The summed E-state index contributed by atoms with van der Waals surface area (Å²) in [6.07, 6.45) is 1.74. The van der Waals surface area contributed by atoms with Crippen LogP contribution in [0.25, 0.3) is 21.9 Å². The fraction of sp³-hybridized carbons (Fsp3) is 0.0588. The van der Waals surface area contributed by atoms with E-state index < -0.39 is 10.8 Å². The molecule has 1 unspecified atom stereocenters. The van der Waals surface area contributed by atoms with Crippen molar-refractivity contribution in [3.05, 3.63) is 65.1 Å². The molecule has 3 aromatic rings. The van der Waals surface area contributed by atoms with Gasteiger partial charge in [0.25, 0.3) is 0 Å². The molecule has 0 bridgehead atoms. The largest absolute Gasteiger partial charge is 0.255 e. The van der Waals surface area contributed by atoms with Gasteiger partial charge in [0.2, 0.25) is 0 Å². The Balaban J connectivity index is 2.36. The molecule has 1 atom stereocenters. The molecule has 0 fully saturated rings. The first-order valence-electron chi connectivity index (χ1n) is 6.28. The summed E-state index contributed by atoms with van der Waals surface area (Å²) in [5.41, 5.74) is 2.14. The van der Waals surface area contributed by atoms with Gasteiger partial charge in [-0.05, 0) is 34.0 Å². The molecular weight excluding hydrogens is 332 g/mol. The van der Waals surface area contributed by atoms with Crippen molar-refractivity contribution in [2.75, 3.05) is 6.26 Å². The zero-order chi connectivity index (χ0) is 14.1.